The molecule has 4 heterocycles. The predicted octanol–water partition coefficient (Wildman–Crippen LogP) is 5.58. The molecule has 8 nitrogen and oxygen atoms in total. The maximum atomic E-state index is 13.0. The van der Waals surface area contributed by atoms with Gasteiger partial charge in [0, 0.05) is 48.1 Å². The molecule has 8 heteroatoms. The number of nitrogens with one attached hydrogen (secondary N) is 1. The second-order valence-electron chi connectivity index (χ2n) is 10.1. The lowest BCUT2D eigenvalue weighted by Gasteiger charge is -2.28. The largest absolute Gasteiger partial charge is 0.457 e. The summed E-state index contributed by atoms with van der Waals surface area (Å²) in [6.07, 6.45) is 9.47. The molecule has 192 valence electrons. The number of pyridine rings is 1. The van der Waals surface area contributed by atoms with Crippen LogP contribution in [0.3, 0.4) is 0 Å². The first kappa shape index (κ1) is 24.1. The molecule has 0 bridgehead atoms. The Morgan fingerprint density at radius 2 is 1.89 bits per heavy atom. The van der Waals surface area contributed by atoms with Crippen molar-refractivity contribution in [3.05, 3.63) is 84.6 Å². The van der Waals surface area contributed by atoms with E-state index in [1.54, 1.807) is 12.5 Å². The topological polar surface area (TPSA) is 84.7 Å². The first-order valence-corrected chi connectivity index (χ1v) is 12.9. The van der Waals surface area contributed by atoms with Crippen LogP contribution in [0.15, 0.2) is 73.4 Å². The molecule has 0 amide bonds. The number of Topliss-reactive ketones (excluding diaryl/α,β-unsaturated/α-hetero) is 1. The van der Waals surface area contributed by atoms with Gasteiger partial charge in [-0.2, -0.15) is 0 Å². The van der Waals surface area contributed by atoms with Crippen molar-refractivity contribution in [1.82, 2.24) is 24.3 Å². The Labute approximate surface area is 221 Å². The zero-order chi connectivity index (χ0) is 26.1. The van der Waals surface area contributed by atoms with E-state index in [0.717, 1.165) is 70.8 Å². The van der Waals surface area contributed by atoms with E-state index in [1.165, 1.54) is 0 Å². The Balaban J connectivity index is 1.19. The van der Waals surface area contributed by atoms with Gasteiger partial charge < -0.3 is 19.4 Å². The maximum Gasteiger partial charge on any atom is 0.141 e. The van der Waals surface area contributed by atoms with Gasteiger partial charge in [0.2, 0.25) is 0 Å². The van der Waals surface area contributed by atoms with Crippen molar-refractivity contribution in [2.24, 2.45) is 5.92 Å². The average Bonchev–Trinajstić information content (AvgIpc) is 3.39. The molecule has 6 rings (SSSR count). The highest BCUT2D eigenvalue weighted by atomic mass is 16.5. The molecule has 0 radical (unpaired) electrons. The zero-order valence-electron chi connectivity index (χ0n) is 21.6. The van der Waals surface area contributed by atoms with Crippen molar-refractivity contribution in [2.45, 2.75) is 26.2 Å². The highest BCUT2D eigenvalue weighted by molar-refractivity contribution is 5.92. The molecule has 0 unspecified atom stereocenters. The van der Waals surface area contributed by atoms with Crippen LogP contribution in [-0.4, -0.2) is 50.2 Å². The Kier molecular flexibility index (Phi) is 6.47. The fourth-order valence-electron chi connectivity index (χ4n) is 5.05. The van der Waals surface area contributed by atoms with Gasteiger partial charge in [0.1, 0.15) is 35.1 Å². The van der Waals surface area contributed by atoms with Crippen molar-refractivity contribution < 1.29 is 9.53 Å². The molecule has 1 N–H and O–H groups in total. The third-order valence-corrected chi connectivity index (χ3v) is 7.29. The van der Waals surface area contributed by atoms with Crippen LogP contribution in [0.25, 0.3) is 16.6 Å². The molecule has 1 aliphatic rings. The van der Waals surface area contributed by atoms with E-state index in [1.807, 2.05) is 72.2 Å². The number of rotatable bonds is 7. The Hall–Kier alpha value is -4.30. The van der Waals surface area contributed by atoms with E-state index in [-0.39, 0.29) is 5.92 Å². The van der Waals surface area contributed by atoms with E-state index in [0.29, 0.717) is 18.0 Å². The van der Waals surface area contributed by atoms with Crippen LogP contribution in [-0.2, 0) is 11.2 Å². The number of carbonyl (C=O) groups is 1. The molecule has 3 aromatic heterocycles. The minimum absolute atomic E-state index is 0.150. The van der Waals surface area contributed by atoms with E-state index in [4.69, 9.17) is 4.74 Å². The predicted molar refractivity (Wildman–Crippen MR) is 148 cm³/mol. The second-order valence-corrected chi connectivity index (χ2v) is 10.1. The van der Waals surface area contributed by atoms with Crippen molar-refractivity contribution in [1.29, 1.82) is 0 Å². The van der Waals surface area contributed by atoms with E-state index < -0.39 is 0 Å². The number of likely N-dealkylation sites (tertiary alicyclic amines) is 1. The van der Waals surface area contributed by atoms with Crippen LogP contribution in [0.4, 0.5) is 11.5 Å². The van der Waals surface area contributed by atoms with Gasteiger partial charge in [-0.05, 0) is 87.4 Å². The number of ether oxygens (including phenoxy) is 1. The molecule has 0 saturated carbocycles. The third kappa shape index (κ3) is 5.08. The number of benzene rings is 2. The highest BCUT2D eigenvalue weighted by Crippen LogP contribution is 2.30. The fourth-order valence-corrected chi connectivity index (χ4v) is 5.05. The van der Waals surface area contributed by atoms with Gasteiger partial charge in [-0.1, -0.05) is 6.07 Å². The number of anilines is 2. The first-order chi connectivity index (χ1) is 18.5. The number of piperidine rings is 1. The van der Waals surface area contributed by atoms with Crippen molar-refractivity contribution in [2.75, 3.05) is 25.5 Å². The standard InChI is InChI=1S/C30H30N6O2/c1-20-15-23(4-6-28(20)38-24-9-13-36-14-10-31-29(36)18-24)34-30-25-16-21(3-5-26(25)32-19-33-30)17-27(37)22-7-11-35(2)12-8-22/h3-6,9-10,13-16,18-19,22H,7-8,11-12,17H2,1-2H3,(H,32,33,34). The van der Waals surface area contributed by atoms with Crippen molar-refractivity contribution in [3.63, 3.8) is 0 Å². The lowest BCUT2D eigenvalue weighted by Crippen LogP contribution is -2.34. The number of nitrogens with zero attached hydrogens (tertiary/aromatic N) is 5. The van der Waals surface area contributed by atoms with E-state index >= 15 is 0 Å². The minimum Gasteiger partial charge on any atom is -0.457 e. The van der Waals surface area contributed by atoms with Gasteiger partial charge >= 0.3 is 0 Å². The average molecular weight is 507 g/mol. The van der Waals surface area contributed by atoms with Gasteiger partial charge in [-0.15, -0.1) is 0 Å². The number of imidazole rings is 1. The SMILES string of the molecule is Cc1cc(Nc2ncnc3ccc(CC(=O)C4CCN(C)CC4)cc23)ccc1Oc1ccn2ccnc2c1. The summed E-state index contributed by atoms with van der Waals surface area (Å²) in [5, 5.41) is 4.33. The van der Waals surface area contributed by atoms with Crippen LogP contribution in [0.2, 0.25) is 0 Å². The third-order valence-electron chi connectivity index (χ3n) is 7.29. The zero-order valence-corrected chi connectivity index (χ0v) is 21.6. The summed E-state index contributed by atoms with van der Waals surface area (Å²) in [6, 6.07) is 15.8. The molecule has 0 aliphatic carbocycles. The number of carbonyl (C=O) groups excluding carboxylic acids is 1. The monoisotopic (exact) mass is 506 g/mol. The molecule has 5 aromatic rings. The summed E-state index contributed by atoms with van der Waals surface area (Å²) >= 11 is 0. The van der Waals surface area contributed by atoms with Crippen molar-refractivity contribution in [3.8, 4) is 11.5 Å². The normalized spacial score (nSPS) is 14.7. The number of ketones is 1. The molecule has 0 spiro atoms. The Morgan fingerprint density at radius 3 is 2.74 bits per heavy atom. The molecular weight excluding hydrogens is 476 g/mol. The summed E-state index contributed by atoms with van der Waals surface area (Å²) in [4.78, 5) is 28.5. The lowest BCUT2D eigenvalue weighted by atomic mass is 9.89. The molecule has 1 saturated heterocycles. The first-order valence-electron chi connectivity index (χ1n) is 12.9. The minimum atomic E-state index is 0.150. The van der Waals surface area contributed by atoms with Crippen LogP contribution < -0.4 is 10.1 Å². The number of hydrogen-bond acceptors (Lipinski definition) is 7. The molecule has 1 aliphatic heterocycles. The van der Waals surface area contributed by atoms with Gasteiger partial charge in [0.25, 0.3) is 0 Å². The summed E-state index contributed by atoms with van der Waals surface area (Å²) in [5.41, 5.74) is 4.55. The molecule has 38 heavy (non-hydrogen) atoms. The molecule has 2 aromatic carbocycles. The summed E-state index contributed by atoms with van der Waals surface area (Å²) in [7, 11) is 2.11. The second kappa shape index (κ2) is 10.2. The van der Waals surface area contributed by atoms with Crippen LogP contribution >= 0.6 is 0 Å². The number of hydrogen-bond donors (Lipinski definition) is 1. The summed E-state index contributed by atoms with van der Waals surface area (Å²) in [6.45, 7) is 3.98. The number of fused-ring (bicyclic) bond motifs is 2. The highest BCUT2D eigenvalue weighted by Gasteiger charge is 2.23. The van der Waals surface area contributed by atoms with Crippen LogP contribution in [0.1, 0.15) is 24.0 Å². The molecule has 1 fully saturated rings. The van der Waals surface area contributed by atoms with Gasteiger partial charge in [-0.25, -0.2) is 15.0 Å². The number of aromatic nitrogens is 4. The maximum absolute atomic E-state index is 13.0. The number of aryl methyl sites for hydroxylation is 1. The summed E-state index contributed by atoms with van der Waals surface area (Å²) < 4.78 is 8.07. The van der Waals surface area contributed by atoms with Gasteiger partial charge in [0.15, 0.2) is 0 Å². The fraction of sp³-hybridized carbons (Fsp3) is 0.267. The quantitative estimate of drug-likeness (QED) is 0.309. The van der Waals surface area contributed by atoms with Crippen LogP contribution in [0.5, 0.6) is 11.5 Å². The molecule has 0 atom stereocenters. The van der Waals surface area contributed by atoms with Crippen molar-refractivity contribution >= 4 is 33.8 Å². The van der Waals surface area contributed by atoms with Crippen LogP contribution in [0, 0.1) is 12.8 Å². The lowest BCUT2D eigenvalue weighted by molar-refractivity contribution is -0.123. The van der Waals surface area contributed by atoms with E-state index in [2.05, 4.69) is 32.2 Å². The molecular formula is C30H30N6O2. The smallest absolute Gasteiger partial charge is 0.141 e. The Morgan fingerprint density at radius 1 is 1.03 bits per heavy atom. The van der Waals surface area contributed by atoms with E-state index in [9.17, 15) is 4.79 Å². The Bertz CT molecular complexity index is 1620. The summed E-state index contributed by atoms with van der Waals surface area (Å²) in [5.74, 6) is 2.69. The van der Waals surface area contributed by atoms with Gasteiger partial charge in [-0.3, -0.25) is 4.79 Å². The van der Waals surface area contributed by atoms with Gasteiger partial charge in [0.05, 0.1) is 5.52 Å².